The summed E-state index contributed by atoms with van der Waals surface area (Å²) in [5.74, 6) is 4.03. The smallest absolute Gasteiger partial charge is 0.271 e. The number of hydrogen-bond donors (Lipinski definition) is 2. The second kappa shape index (κ2) is 9.67. The van der Waals surface area contributed by atoms with Gasteiger partial charge in [0.2, 0.25) is 0 Å². The molecule has 21 heavy (non-hydrogen) atoms. The van der Waals surface area contributed by atoms with E-state index in [4.69, 9.17) is 5.84 Å². The van der Waals surface area contributed by atoms with Crippen LogP contribution in [0.2, 0.25) is 0 Å². The molecule has 2 nitrogen and oxygen atoms in total. The maximum atomic E-state index is 13.1. The van der Waals surface area contributed by atoms with Crippen LogP contribution in [0.3, 0.4) is 0 Å². The Hall–Kier alpha value is -0.290. The molecule has 0 radical (unpaired) electrons. The third-order valence-electron chi connectivity index (χ3n) is 4.84. The van der Waals surface area contributed by atoms with E-state index < -0.39 is 12.1 Å². The Bertz CT molecular complexity index is 269. The minimum Gasteiger partial charge on any atom is -0.271 e. The van der Waals surface area contributed by atoms with E-state index >= 15 is 0 Å². The molecule has 0 aromatic carbocycles. The molecule has 0 heterocycles. The molecule has 5 heteroatoms. The van der Waals surface area contributed by atoms with Gasteiger partial charge in [0.1, 0.15) is 0 Å². The van der Waals surface area contributed by atoms with Gasteiger partial charge >= 0.3 is 6.18 Å². The molecule has 0 amide bonds. The van der Waals surface area contributed by atoms with Crippen LogP contribution < -0.4 is 11.3 Å². The fourth-order valence-corrected chi connectivity index (χ4v) is 3.61. The highest BCUT2D eigenvalue weighted by Gasteiger charge is 2.47. The van der Waals surface area contributed by atoms with Gasteiger partial charge in [-0.1, -0.05) is 58.3 Å². The topological polar surface area (TPSA) is 38.0 Å². The second-order valence-corrected chi connectivity index (χ2v) is 6.43. The van der Waals surface area contributed by atoms with Gasteiger partial charge in [0, 0.05) is 6.04 Å². The summed E-state index contributed by atoms with van der Waals surface area (Å²) in [5, 5.41) is 0. The van der Waals surface area contributed by atoms with Crippen LogP contribution in [-0.4, -0.2) is 12.2 Å². The fraction of sp³-hybridized carbons (Fsp3) is 1.00. The molecule has 3 atom stereocenters. The van der Waals surface area contributed by atoms with Crippen molar-refractivity contribution in [1.82, 2.24) is 5.43 Å². The minimum absolute atomic E-state index is 0.192. The predicted molar refractivity (Wildman–Crippen MR) is 80.6 cm³/mol. The van der Waals surface area contributed by atoms with Gasteiger partial charge in [-0.3, -0.25) is 11.3 Å². The van der Waals surface area contributed by atoms with Gasteiger partial charge < -0.3 is 0 Å². The van der Waals surface area contributed by atoms with E-state index in [0.717, 1.165) is 25.7 Å². The molecule has 1 rings (SSSR count). The van der Waals surface area contributed by atoms with Gasteiger partial charge in [0.25, 0.3) is 0 Å². The molecule has 3 unspecified atom stereocenters. The van der Waals surface area contributed by atoms with Crippen molar-refractivity contribution in [2.75, 3.05) is 0 Å². The van der Waals surface area contributed by atoms with Crippen LogP contribution >= 0.6 is 0 Å². The summed E-state index contributed by atoms with van der Waals surface area (Å²) in [6, 6.07) is -0.192. The van der Waals surface area contributed by atoms with Crippen LogP contribution in [0.1, 0.15) is 77.6 Å². The predicted octanol–water partition coefficient (Wildman–Crippen LogP) is 4.94. The summed E-state index contributed by atoms with van der Waals surface area (Å²) < 4.78 is 39.4. The van der Waals surface area contributed by atoms with E-state index in [1.54, 1.807) is 0 Å². The summed E-state index contributed by atoms with van der Waals surface area (Å²) in [6.07, 6.45) is 6.12. The first-order valence-electron chi connectivity index (χ1n) is 8.53. The second-order valence-electron chi connectivity index (χ2n) is 6.43. The largest absolute Gasteiger partial charge is 0.392 e. The third-order valence-corrected chi connectivity index (χ3v) is 4.84. The van der Waals surface area contributed by atoms with Crippen molar-refractivity contribution in [3.8, 4) is 0 Å². The lowest BCUT2D eigenvalue weighted by atomic mass is 9.74. The van der Waals surface area contributed by atoms with Gasteiger partial charge in [-0.2, -0.15) is 13.2 Å². The SMILES string of the molecule is CCCCCCCCC(NN)C1CCCCC1C(F)(F)F. The average Bonchev–Trinajstić information content (AvgIpc) is 2.46. The van der Waals surface area contributed by atoms with Gasteiger partial charge in [-0.05, 0) is 25.2 Å². The molecule has 1 aliphatic carbocycles. The van der Waals surface area contributed by atoms with Crippen LogP contribution in [0, 0.1) is 11.8 Å². The molecule has 0 bridgehead atoms. The van der Waals surface area contributed by atoms with Crippen molar-refractivity contribution < 1.29 is 13.2 Å². The van der Waals surface area contributed by atoms with E-state index in [0.29, 0.717) is 12.8 Å². The zero-order valence-electron chi connectivity index (χ0n) is 13.2. The Morgan fingerprint density at radius 2 is 1.67 bits per heavy atom. The van der Waals surface area contributed by atoms with E-state index in [2.05, 4.69) is 12.3 Å². The Labute approximate surface area is 127 Å². The van der Waals surface area contributed by atoms with Crippen LogP contribution in [-0.2, 0) is 0 Å². The molecule has 0 spiro atoms. The molecular weight excluding hydrogens is 277 g/mol. The van der Waals surface area contributed by atoms with Crippen molar-refractivity contribution in [1.29, 1.82) is 0 Å². The van der Waals surface area contributed by atoms with Gasteiger partial charge in [-0.25, -0.2) is 0 Å². The zero-order valence-corrected chi connectivity index (χ0v) is 13.2. The van der Waals surface area contributed by atoms with Crippen molar-refractivity contribution in [3.05, 3.63) is 0 Å². The number of hydrazine groups is 1. The Morgan fingerprint density at radius 3 is 2.29 bits per heavy atom. The average molecular weight is 308 g/mol. The van der Waals surface area contributed by atoms with Crippen molar-refractivity contribution >= 4 is 0 Å². The first kappa shape index (κ1) is 18.8. The monoisotopic (exact) mass is 308 g/mol. The van der Waals surface area contributed by atoms with Crippen LogP contribution in [0.15, 0.2) is 0 Å². The summed E-state index contributed by atoms with van der Waals surface area (Å²) in [5.41, 5.74) is 2.68. The van der Waals surface area contributed by atoms with E-state index in [-0.39, 0.29) is 18.4 Å². The molecule has 0 saturated heterocycles. The molecule has 1 aliphatic rings. The lowest BCUT2D eigenvalue weighted by Gasteiger charge is -2.38. The maximum Gasteiger partial charge on any atom is 0.392 e. The molecular formula is C16H31F3N2. The number of rotatable bonds is 9. The molecule has 0 aliphatic heterocycles. The van der Waals surface area contributed by atoms with E-state index in [9.17, 15) is 13.2 Å². The Morgan fingerprint density at radius 1 is 1.05 bits per heavy atom. The number of halogens is 3. The number of unbranched alkanes of at least 4 members (excludes halogenated alkanes) is 5. The highest BCUT2D eigenvalue weighted by Crippen LogP contribution is 2.43. The number of nitrogens with two attached hydrogens (primary N) is 1. The highest BCUT2D eigenvalue weighted by molar-refractivity contribution is 4.87. The van der Waals surface area contributed by atoms with Crippen LogP contribution in [0.5, 0.6) is 0 Å². The number of alkyl halides is 3. The highest BCUT2D eigenvalue weighted by atomic mass is 19.4. The fourth-order valence-electron chi connectivity index (χ4n) is 3.61. The van der Waals surface area contributed by atoms with Crippen molar-refractivity contribution in [2.45, 2.75) is 89.8 Å². The Balaban J connectivity index is 2.41. The number of nitrogens with one attached hydrogen (secondary N) is 1. The van der Waals surface area contributed by atoms with Gasteiger partial charge in [-0.15, -0.1) is 0 Å². The lowest BCUT2D eigenvalue weighted by Crippen LogP contribution is -2.48. The molecule has 126 valence electrons. The molecule has 0 aromatic heterocycles. The minimum atomic E-state index is -4.08. The zero-order chi connectivity index (χ0) is 15.7. The molecule has 1 fully saturated rings. The number of hydrogen-bond acceptors (Lipinski definition) is 2. The summed E-state index contributed by atoms with van der Waals surface area (Å²) in [4.78, 5) is 0. The van der Waals surface area contributed by atoms with Crippen molar-refractivity contribution in [2.24, 2.45) is 17.7 Å². The van der Waals surface area contributed by atoms with Gasteiger partial charge in [0.15, 0.2) is 0 Å². The van der Waals surface area contributed by atoms with Crippen LogP contribution in [0.4, 0.5) is 13.2 Å². The summed E-state index contributed by atoms with van der Waals surface area (Å²) >= 11 is 0. The maximum absolute atomic E-state index is 13.1. The van der Waals surface area contributed by atoms with Crippen LogP contribution in [0.25, 0.3) is 0 Å². The molecule has 0 aromatic rings. The van der Waals surface area contributed by atoms with Gasteiger partial charge in [0.05, 0.1) is 5.92 Å². The molecule has 3 N–H and O–H groups in total. The first-order valence-corrected chi connectivity index (χ1v) is 8.53. The van der Waals surface area contributed by atoms with E-state index in [1.807, 2.05) is 0 Å². The third kappa shape index (κ3) is 6.55. The first-order chi connectivity index (χ1) is 10.0. The standard InChI is InChI=1S/C16H31F3N2/c1-2-3-4-5-6-7-12-15(21-20)13-10-8-9-11-14(13)16(17,18)19/h13-15,21H,2-12,20H2,1H3. The van der Waals surface area contributed by atoms with Crippen molar-refractivity contribution in [3.63, 3.8) is 0 Å². The summed E-state index contributed by atoms with van der Waals surface area (Å²) in [6.45, 7) is 2.18. The Kier molecular flexibility index (Phi) is 8.64. The summed E-state index contributed by atoms with van der Waals surface area (Å²) in [7, 11) is 0. The lowest BCUT2D eigenvalue weighted by molar-refractivity contribution is -0.199. The molecule has 1 saturated carbocycles. The quantitative estimate of drug-likeness (QED) is 0.360. The normalized spacial score (nSPS) is 25.0. The van der Waals surface area contributed by atoms with E-state index in [1.165, 1.54) is 25.7 Å².